The summed E-state index contributed by atoms with van der Waals surface area (Å²) in [5, 5.41) is 19.2. The third-order valence-corrected chi connectivity index (χ3v) is 11.4. The minimum absolute atomic E-state index is 0.0264. The van der Waals surface area contributed by atoms with Crippen LogP contribution in [0.15, 0.2) is 11.8 Å². The predicted molar refractivity (Wildman–Crippen MR) is 150 cm³/mol. The number of rotatable bonds is 6. The smallest absolute Gasteiger partial charge is 0.139 e. The van der Waals surface area contributed by atoms with Gasteiger partial charge in [-0.2, -0.15) is 10.5 Å². The molecule has 5 atom stereocenters. The molecule has 4 aliphatic rings. The quantitative estimate of drug-likeness (QED) is 0.368. The standard InChI is InChI=1S/C33H53N3O/c1-22(2)23(3)30-18-26(27(19-34)20-35)11-10-24(21-37-30)8-9-25-16-28-31-29(17-25)33(6,7)13-15-36(31)14-12-32(28,4)5/h18,22-29,31H,8-17,21H2,1-7H3. The van der Waals surface area contributed by atoms with Crippen molar-refractivity contribution in [3.05, 3.63) is 11.8 Å². The Morgan fingerprint density at radius 1 is 0.919 bits per heavy atom. The lowest BCUT2D eigenvalue weighted by Gasteiger charge is -2.62. The maximum Gasteiger partial charge on any atom is 0.139 e. The van der Waals surface area contributed by atoms with Crippen LogP contribution < -0.4 is 0 Å². The van der Waals surface area contributed by atoms with Gasteiger partial charge in [0, 0.05) is 17.9 Å². The Morgan fingerprint density at radius 3 is 2.03 bits per heavy atom. The number of nitrogens with zero attached hydrogens (tertiary/aromatic N) is 3. The van der Waals surface area contributed by atoms with Gasteiger partial charge in [-0.15, -0.1) is 0 Å². The Bertz CT molecular complexity index is 862. The number of nitriles is 2. The van der Waals surface area contributed by atoms with Crippen LogP contribution >= 0.6 is 0 Å². The molecule has 3 fully saturated rings. The van der Waals surface area contributed by atoms with Crippen molar-refractivity contribution in [3.63, 3.8) is 0 Å². The monoisotopic (exact) mass is 507 g/mol. The number of hydrogen-bond acceptors (Lipinski definition) is 4. The molecule has 0 aromatic carbocycles. The molecule has 0 amide bonds. The minimum atomic E-state index is -0.586. The van der Waals surface area contributed by atoms with E-state index in [1.807, 2.05) is 0 Å². The fourth-order valence-corrected chi connectivity index (χ4v) is 8.19. The maximum atomic E-state index is 9.62. The Hall–Kier alpha value is -1.52. The molecule has 0 spiro atoms. The van der Waals surface area contributed by atoms with Crippen molar-refractivity contribution in [1.29, 1.82) is 10.5 Å². The van der Waals surface area contributed by atoms with Crippen LogP contribution in [0, 0.1) is 80.8 Å². The number of piperidine rings is 2. The summed E-state index contributed by atoms with van der Waals surface area (Å²) in [6.45, 7) is 20.2. The third-order valence-electron chi connectivity index (χ3n) is 11.4. The van der Waals surface area contributed by atoms with E-state index in [-0.39, 0.29) is 5.92 Å². The van der Waals surface area contributed by atoms with Crippen molar-refractivity contribution in [2.24, 2.45) is 58.2 Å². The summed E-state index contributed by atoms with van der Waals surface area (Å²) >= 11 is 0. The van der Waals surface area contributed by atoms with Gasteiger partial charge in [0.1, 0.15) is 5.92 Å². The van der Waals surface area contributed by atoms with E-state index in [2.05, 4.69) is 71.6 Å². The second-order valence-electron chi connectivity index (χ2n) is 14.9. The van der Waals surface area contributed by atoms with Crippen molar-refractivity contribution in [2.45, 2.75) is 106 Å². The Balaban J connectivity index is 1.45. The molecular weight excluding hydrogens is 454 g/mol. The van der Waals surface area contributed by atoms with Crippen LogP contribution in [-0.4, -0.2) is 30.6 Å². The number of ether oxygens (including phenoxy) is 1. The molecule has 37 heavy (non-hydrogen) atoms. The van der Waals surface area contributed by atoms with Gasteiger partial charge in [-0.05, 0) is 105 Å². The van der Waals surface area contributed by atoms with E-state index < -0.39 is 5.92 Å². The largest absolute Gasteiger partial charge is 0.498 e. The highest BCUT2D eigenvalue weighted by Gasteiger charge is 2.55. The lowest BCUT2D eigenvalue weighted by atomic mass is 9.52. The molecule has 0 radical (unpaired) electrons. The molecule has 5 unspecified atom stereocenters. The zero-order valence-corrected chi connectivity index (χ0v) is 24.8. The number of hydrogen-bond donors (Lipinski definition) is 0. The molecule has 1 aliphatic carbocycles. The van der Waals surface area contributed by atoms with Crippen LogP contribution in [0.1, 0.15) is 99.8 Å². The Morgan fingerprint density at radius 2 is 1.49 bits per heavy atom. The molecular formula is C33H53N3O. The number of allylic oxidation sites excluding steroid dienone is 2. The fourth-order valence-electron chi connectivity index (χ4n) is 8.19. The first-order chi connectivity index (χ1) is 17.5. The average molecular weight is 508 g/mol. The predicted octanol–water partition coefficient (Wildman–Crippen LogP) is 7.82. The highest BCUT2D eigenvalue weighted by atomic mass is 16.5. The normalized spacial score (nSPS) is 36.2. The lowest BCUT2D eigenvalue weighted by Crippen LogP contribution is -2.64. The van der Waals surface area contributed by atoms with Crippen LogP contribution in [0.4, 0.5) is 0 Å². The van der Waals surface area contributed by atoms with Gasteiger partial charge >= 0.3 is 0 Å². The third kappa shape index (κ3) is 6.06. The zero-order chi connectivity index (χ0) is 27.0. The van der Waals surface area contributed by atoms with Crippen LogP contribution in [0.5, 0.6) is 0 Å². The van der Waals surface area contributed by atoms with Gasteiger partial charge in [0.25, 0.3) is 0 Å². The van der Waals surface area contributed by atoms with Gasteiger partial charge in [0.2, 0.25) is 0 Å². The van der Waals surface area contributed by atoms with Gasteiger partial charge in [-0.3, -0.25) is 4.90 Å². The second kappa shape index (κ2) is 11.3. The molecule has 0 aromatic rings. The molecule has 3 heterocycles. The topological polar surface area (TPSA) is 60.0 Å². The minimum Gasteiger partial charge on any atom is -0.498 e. The molecule has 4 nitrogen and oxygen atoms in total. The SMILES string of the molecule is CC(C)C(C)C1=CC(C(C#N)C#N)CCC(CCC2CC3C4C(C2)C(C)(C)CCN4CCC3(C)C)CO1. The second-order valence-corrected chi connectivity index (χ2v) is 14.9. The van der Waals surface area contributed by atoms with Crippen molar-refractivity contribution >= 4 is 0 Å². The van der Waals surface area contributed by atoms with Gasteiger partial charge in [0.15, 0.2) is 0 Å². The molecule has 0 bridgehead atoms. The van der Waals surface area contributed by atoms with Crippen molar-refractivity contribution in [1.82, 2.24) is 4.90 Å². The van der Waals surface area contributed by atoms with E-state index >= 15 is 0 Å². The molecule has 3 aliphatic heterocycles. The summed E-state index contributed by atoms with van der Waals surface area (Å²) in [6, 6.07) is 5.29. The molecule has 0 N–H and O–H groups in total. The van der Waals surface area contributed by atoms with Gasteiger partial charge < -0.3 is 4.74 Å². The van der Waals surface area contributed by atoms with Crippen LogP contribution in [0.2, 0.25) is 0 Å². The average Bonchev–Trinajstić information content (AvgIpc) is 2.84. The van der Waals surface area contributed by atoms with Gasteiger partial charge in [-0.1, -0.05) is 54.9 Å². The summed E-state index contributed by atoms with van der Waals surface area (Å²) < 4.78 is 6.48. The first kappa shape index (κ1) is 28.5. The van der Waals surface area contributed by atoms with Crippen LogP contribution in [-0.2, 0) is 4.74 Å². The molecule has 4 rings (SSSR count). The molecule has 2 saturated heterocycles. The first-order valence-corrected chi connectivity index (χ1v) is 15.3. The Labute approximate surface area is 227 Å². The van der Waals surface area contributed by atoms with E-state index in [9.17, 15) is 10.5 Å². The highest BCUT2D eigenvalue weighted by molar-refractivity contribution is 5.13. The summed E-state index contributed by atoms with van der Waals surface area (Å²) in [4.78, 5) is 2.87. The van der Waals surface area contributed by atoms with Crippen LogP contribution in [0.25, 0.3) is 0 Å². The summed E-state index contributed by atoms with van der Waals surface area (Å²) in [7, 11) is 0. The molecule has 0 aromatic heterocycles. The highest BCUT2D eigenvalue weighted by Crippen LogP contribution is 2.57. The van der Waals surface area contributed by atoms with E-state index in [0.717, 1.165) is 49.0 Å². The zero-order valence-electron chi connectivity index (χ0n) is 24.8. The van der Waals surface area contributed by atoms with E-state index in [1.165, 1.54) is 51.6 Å². The first-order valence-electron chi connectivity index (χ1n) is 15.3. The van der Waals surface area contributed by atoms with Crippen LogP contribution in [0.3, 0.4) is 0 Å². The van der Waals surface area contributed by atoms with Crippen molar-refractivity contribution in [3.8, 4) is 12.1 Å². The maximum absolute atomic E-state index is 9.62. The summed E-state index contributed by atoms with van der Waals surface area (Å²) in [6.07, 6.45) is 12.1. The van der Waals surface area contributed by atoms with Gasteiger partial charge in [-0.25, -0.2) is 0 Å². The van der Waals surface area contributed by atoms with Gasteiger partial charge in [0.05, 0.1) is 24.5 Å². The lowest BCUT2D eigenvalue weighted by molar-refractivity contribution is -0.129. The summed E-state index contributed by atoms with van der Waals surface area (Å²) in [5.41, 5.74) is 0.886. The molecule has 1 saturated carbocycles. The summed E-state index contributed by atoms with van der Waals surface area (Å²) in [5.74, 6) is 4.12. The van der Waals surface area contributed by atoms with E-state index in [4.69, 9.17) is 4.74 Å². The molecule has 206 valence electrons. The van der Waals surface area contributed by atoms with Crippen molar-refractivity contribution in [2.75, 3.05) is 19.7 Å². The fraction of sp³-hybridized carbons (Fsp3) is 0.879. The van der Waals surface area contributed by atoms with Crippen molar-refractivity contribution < 1.29 is 4.74 Å². The molecule has 4 heteroatoms. The Kier molecular flexibility index (Phi) is 8.70. The van der Waals surface area contributed by atoms with E-state index in [0.29, 0.717) is 28.6 Å². The van der Waals surface area contributed by atoms with E-state index in [1.54, 1.807) is 0 Å².